The van der Waals surface area contributed by atoms with Gasteiger partial charge in [0, 0.05) is 23.1 Å². The van der Waals surface area contributed by atoms with Gasteiger partial charge in [-0.2, -0.15) is 0 Å². The predicted octanol–water partition coefficient (Wildman–Crippen LogP) is 1.95. The highest BCUT2D eigenvalue weighted by Gasteiger charge is 2.24. The number of halogens is 2. The molecule has 0 spiro atoms. The van der Waals surface area contributed by atoms with E-state index in [1.807, 2.05) is 4.90 Å². The third-order valence-corrected chi connectivity index (χ3v) is 3.47. The van der Waals surface area contributed by atoms with Crippen LogP contribution in [0.25, 0.3) is 0 Å². The van der Waals surface area contributed by atoms with Crippen LogP contribution < -0.4 is 0 Å². The van der Waals surface area contributed by atoms with Crippen molar-refractivity contribution >= 4 is 15.9 Å². The molecule has 94 valence electrons. The molecule has 0 saturated carbocycles. The first-order valence-corrected chi connectivity index (χ1v) is 6.39. The maximum Gasteiger partial charge on any atom is 0.128 e. The molecule has 0 amide bonds. The molecule has 5 heteroatoms. The van der Waals surface area contributed by atoms with Gasteiger partial charge in [-0.15, -0.1) is 0 Å². The third kappa shape index (κ3) is 3.04. The van der Waals surface area contributed by atoms with E-state index in [0.29, 0.717) is 18.8 Å². The minimum atomic E-state index is -0.295. The zero-order valence-corrected chi connectivity index (χ0v) is 11.0. The van der Waals surface area contributed by atoms with Crippen LogP contribution in [0.5, 0.6) is 0 Å². The standard InChI is InChI=1S/C12H15BrFNO2/c13-9-1-2-11(14)10(7-9)12(8-16)15-3-5-17-6-4-15/h1-2,7,12,16H,3-6,8H2. The van der Waals surface area contributed by atoms with Crippen molar-refractivity contribution in [1.82, 2.24) is 4.90 Å². The fourth-order valence-corrected chi connectivity index (χ4v) is 2.45. The Kier molecular flexibility index (Phi) is 4.50. The summed E-state index contributed by atoms with van der Waals surface area (Å²) in [6.07, 6.45) is 0. The summed E-state index contributed by atoms with van der Waals surface area (Å²) in [5.41, 5.74) is 0.531. The molecule has 1 heterocycles. The number of hydrogen-bond donors (Lipinski definition) is 1. The SMILES string of the molecule is OCC(c1cc(Br)ccc1F)N1CCOCC1. The zero-order chi connectivity index (χ0) is 12.3. The average Bonchev–Trinajstić information content (AvgIpc) is 2.36. The van der Waals surface area contributed by atoms with Crippen LogP contribution in [0.2, 0.25) is 0 Å². The summed E-state index contributed by atoms with van der Waals surface area (Å²) < 4.78 is 19.8. The molecule has 17 heavy (non-hydrogen) atoms. The van der Waals surface area contributed by atoms with Crippen LogP contribution in [0, 0.1) is 5.82 Å². The number of aliphatic hydroxyl groups is 1. The van der Waals surface area contributed by atoms with Crippen LogP contribution in [0.1, 0.15) is 11.6 Å². The number of ether oxygens (including phenoxy) is 1. The van der Waals surface area contributed by atoms with E-state index in [1.165, 1.54) is 6.07 Å². The molecule has 1 saturated heterocycles. The van der Waals surface area contributed by atoms with Crippen molar-refractivity contribution in [3.8, 4) is 0 Å². The van der Waals surface area contributed by atoms with Crippen LogP contribution >= 0.6 is 15.9 Å². The van der Waals surface area contributed by atoms with E-state index in [0.717, 1.165) is 17.6 Å². The second-order valence-corrected chi connectivity index (χ2v) is 4.93. The van der Waals surface area contributed by atoms with Crippen molar-refractivity contribution < 1.29 is 14.2 Å². The Labute approximate surface area is 108 Å². The monoisotopic (exact) mass is 303 g/mol. The molecular weight excluding hydrogens is 289 g/mol. The number of aliphatic hydroxyl groups excluding tert-OH is 1. The maximum atomic E-state index is 13.8. The van der Waals surface area contributed by atoms with Crippen molar-refractivity contribution in [1.29, 1.82) is 0 Å². The second-order valence-electron chi connectivity index (χ2n) is 4.01. The Bertz CT molecular complexity index is 383. The zero-order valence-electron chi connectivity index (χ0n) is 9.40. The summed E-state index contributed by atoms with van der Waals surface area (Å²) in [6.45, 7) is 2.61. The maximum absolute atomic E-state index is 13.8. The lowest BCUT2D eigenvalue weighted by Crippen LogP contribution is -2.40. The molecule has 1 atom stereocenters. The first-order valence-electron chi connectivity index (χ1n) is 5.60. The van der Waals surface area contributed by atoms with Gasteiger partial charge >= 0.3 is 0 Å². The number of benzene rings is 1. The number of morpholine rings is 1. The number of nitrogens with zero attached hydrogens (tertiary/aromatic N) is 1. The summed E-state index contributed by atoms with van der Waals surface area (Å²) in [5, 5.41) is 9.48. The van der Waals surface area contributed by atoms with Crippen LogP contribution in [0.3, 0.4) is 0 Å². The van der Waals surface area contributed by atoms with Crippen LogP contribution in [0.15, 0.2) is 22.7 Å². The normalized spacial score (nSPS) is 19.2. The van der Waals surface area contributed by atoms with E-state index in [4.69, 9.17) is 4.74 Å². The number of rotatable bonds is 3. The molecule has 1 aromatic carbocycles. The van der Waals surface area contributed by atoms with Gasteiger partial charge in [0.05, 0.1) is 25.9 Å². The third-order valence-electron chi connectivity index (χ3n) is 2.98. The van der Waals surface area contributed by atoms with Gasteiger partial charge in [-0.1, -0.05) is 15.9 Å². The highest BCUT2D eigenvalue weighted by molar-refractivity contribution is 9.10. The molecule has 1 fully saturated rings. The summed E-state index contributed by atoms with van der Waals surface area (Å²) in [6, 6.07) is 4.51. The summed E-state index contributed by atoms with van der Waals surface area (Å²) in [5.74, 6) is -0.279. The Hall–Kier alpha value is -0.490. The number of hydrogen-bond acceptors (Lipinski definition) is 3. The van der Waals surface area contributed by atoms with E-state index in [1.54, 1.807) is 12.1 Å². The quantitative estimate of drug-likeness (QED) is 0.926. The molecule has 0 radical (unpaired) electrons. The first-order chi connectivity index (χ1) is 8.22. The van der Waals surface area contributed by atoms with Gasteiger partial charge in [0.25, 0.3) is 0 Å². The molecule has 1 aliphatic rings. The lowest BCUT2D eigenvalue weighted by atomic mass is 10.0. The lowest BCUT2D eigenvalue weighted by molar-refractivity contribution is 0.00172. The van der Waals surface area contributed by atoms with E-state index in [9.17, 15) is 9.50 Å². The van der Waals surface area contributed by atoms with Crippen LogP contribution in [0.4, 0.5) is 4.39 Å². The smallest absolute Gasteiger partial charge is 0.128 e. The molecule has 0 aromatic heterocycles. The molecule has 1 unspecified atom stereocenters. The van der Waals surface area contributed by atoms with Crippen molar-refractivity contribution in [2.75, 3.05) is 32.9 Å². The Morgan fingerprint density at radius 2 is 2.12 bits per heavy atom. The first kappa shape index (κ1) is 13.0. The Balaban J connectivity index is 2.24. The van der Waals surface area contributed by atoms with Crippen LogP contribution in [-0.4, -0.2) is 42.9 Å². The van der Waals surface area contributed by atoms with Crippen LogP contribution in [-0.2, 0) is 4.74 Å². The molecule has 1 N–H and O–H groups in total. The van der Waals surface area contributed by atoms with Gasteiger partial charge in [0.2, 0.25) is 0 Å². The Morgan fingerprint density at radius 3 is 2.76 bits per heavy atom. The Morgan fingerprint density at radius 1 is 1.41 bits per heavy atom. The van der Waals surface area contributed by atoms with Crippen molar-refractivity contribution in [2.24, 2.45) is 0 Å². The van der Waals surface area contributed by atoms with Gasteiger partial charge < -0.3 is 9.84 Å². The minimum Gasteiger partial charge on any atom is -0.394 e. The van der Waals surface area contributed by atoms with E-state index >= 15 is 0 Å². The summed E-state index contributed by atoms with van der Waals surface area (Å²) >= 11 is 3.33. The van der Waals surface area contributed by atoms with E-state index < -0.39 is 0 Å². The minimum absolute atomic E-state index is 0.0899. The van der Waals surface area contributed by atoms with Gasteiger partial charge in [-0.3, -0.25) is 4.90 Å². The lowest BCUT2D eigenvalue weighted by Gasteiger charge is -2.33. The molecule has 2 rings (SSSR count). The van der Waals surface area contributed by atoms with Gasteiger partial charge in [0.1, 0.15) is 5.82 Å². The topological polar surface area (TPSA) is 32.7 Å². The average molecular weight is 304 g/mol. The largest absolute Gasteiger partial charge is 0.394 e. The van der Waals surface area contributed by atoms with Gasteiger partial charge in [0.15, 0.2) is 0 Å². The van der Waals surface area contributed by atoms with Gasteiger partial charge in [-0.05, 0) is 18.2 Å². The molecule has 0 bridgehead atoms. The second kappa shape index (κ2) is 5.91. The molecule has 1 aliphatic heterocycles. The van der Waals surface area contributed by atoms with Crippen molar-refractivity contribution in [3.05, 3.63) is 34.1 Å². The van der Waals surface area contributed by atoms with Crippen molar-refractivity contribution in [2.45, 2.75) is 6.04 Å². The highest BCUT2D eigenvalue weighted by Crippen LogP contribution is 2.26. The van der Waals surface area contributed by atoms with E-state index in [-0.39, 0.29) is 18.5 Å². The van der Waals surface area contributed by atoms with Gasteiger partial charge in [-0.25, -0.2) is 4.39 Å². The molecular formula is C12H15BrFNO2. The summed E-state index contributed by atoms with van der Waals surface area (Å²) in [4.78, 5) is 2.05. The predicted molar refractivity (Wildman–Crippen MR) is 66.3 cm³/mol. The fourth-order valence-electron chi connectivity index (χ4n) is 2.07. The molecule has 0 aliphatic carbocycles. The van der Waals surface area contributed by atoms with Crippen molar-refractivity contribution in [3.63, 3.8) is 0 Å². The fraction of sp³-hybridized carbons (Fsp3) is 0.500. The van der Waals surface area contributed by atoms with E-state index in [2.05, 4.69) is 15.9 Å². The molecule has 3 nitrogen and oxygen atoms in total. The molecule has 1 aromatic rings. The summed E-state index contributed by atoms with van der Waals surface area (Å²) in [7, 11) is 0. The highest BCUT2D eigenvalue weighted by atomic mass is 79.9.